The smallest absolute Gasteiger partial charge is 0.336 e. The Morgan fingerprint density at radius 2 is 1.58 bits per heavy atom. The molecule has 31 heavy (non-hydrogen) atoms. The van der Waals surface area contributed by atoms with E-state index in [0.29, 0.717) is 24.5 Å². The second-order valence-electron chi connectivity index (χ2n) is 6.89. The first kappa shape index (κ1) is 22.1. The Morgan fingerprint density at radius 3 is 2.13 bits per heavy atom. The molecule has 1 aliphatic heterocycles. The second-order valence-corrected chi connectivity index (χ2v) is 6.89. The van der Waals surface area contributed by atoms with Gasteiger partial charge in [-0.1, -0.05) is 24.3 Å². The van der Waals surface area contributed by atoms with Gasteiger partial charge in [0.15, 0.2) is 0 Å². The van der Waals surface area contributed by atoms with E-state index in [1.165, 1.54) is 26.4 Å². The molecule has 3 rings (SSSR count). The Balaban J connectivity index is 2.06. The summed E-state index contributed by atoms with van der Waals surface area (Å²) in [6, 6.07) is 13.2. The Kier molecular flexibility index (Phi) is 7.07. The van der Waals surface area contributed by atoms with Crippen LogP contribution in [0.15, 0.2) is 72.1 Å². The van der Waals surface area contributed by atoms with E-state index >= 15 is 0 Å². The third kappa shape index (κ3) is 5.12. The fourth-order valence-corrected chi connectivity index (χ4v) is 3.49. The number of benzene rings is 2. The summed E-state index contributed by atoms with van der Waals surface area (Å²) in [6.07, 6.45) is 3.28. The number of nitrogens with zero attached hydrogens (tertiary/aromatic N) is 1. The van der Waals surface area contributed by atoms with Crippen LogP contribution in [0.25, 0.3) is 0 Å². The number of carbonyl (C=O) groups excluding carboxylic acids is 2. The summed E-state index contributed by atoms with van der Waals surface area (Å²) in [5, 5.41) is 0. The van der Waals surface area contributed by atoms with Gasteiger partial charge in [0.25, 0.3) is 0 Å². The number of hydrogen-bond acceptors (Lipinski definition) is 6. The summed E-state index contributed by atoms with van der Waals surface area (Å²) >= 11 is 0. The van der Waals surface area contributed by atoms with Gasteiger partial charge in [0.2, 0.25) is 0 Å². The number of methoxy groups -OCH3 is 2. The molecule has 6 nitrogen and oxygen atoms in total. The number of halogens is 1. The highest BCUT2D eigenvalue weighted by molar-refractivity contribution is 5.98. The molecule has 0 amide bonds. The Bertz CT molecular complexity index is 979. The van der Waals surface area contributed by atoms with Crippen LogP contribution in [0.4, 0.5) is 4.39 Å². The van der Waals surface area contributed by atoms with Gasteiger partial charge in [-0.3, -0.25) is 0 Å². The highest BCUT2D eigenvalue weighted by Gasteiger charge is 2.35. The number of hydrogen-bond donors (Lipinski definition) is 0. The second kappa shape index (κ2) is 9.93. The van der Waals surface area contributed by atoms with Crippen molar-refractivity contribution in [1.82, 2.24) is 4.90 Å². The fraction of sp³-hybridized carbons (Fsp3) is 0.250. The van der Waals surface area contributed by atoms with Gasteiger partial charge in [0.1, 0.15) is 11.6 Å². The lowest BCUT2D eigenvalue weighted by Gasteiger charge is -2.30. The maximum atomic E-state index is 13.2. The molecule has 0 aliphatic carbocycles. The van der Waals surface area contributed by atoms with Crippen molar-refractivity contribution >= 4 is 11.9 Å². The Labute approximate surface area is 180 Å². The lowest BCUT2D eigenvalue weighted by Crippen LogP contribution is -2.28. The van der Waals surface area contributed by atoms with E-state index in [4.69, 9.17) is 14.2 Å². The predicted molar refractivity (Wildman–Crippen MR) is 112 cm³/mol. The van der Waals surface area contributed by atoms with Gasteiger partial charge < -0.3 is 19.1 Å². The molecule has 2 aromatic carbocycles. The minimum Gasteiger partial charge on any atom is -0.494 e. The fourth-order valence-electron chi connectivity index (χ4n) is 3.49. The average Bonchev–Trinajstić information content (AvgIpc) is 2.79. The zero-order valence-electron chi connectivity index (χ0n) is 17.6. The van der Waals surface area contributed by atoms with E-state index in [-0.39, 0.29) is 17.0 Å². The summed E-state index contributed by atoms with van der Waals surface area (Å²) in [5.74, 6) is -1.53. The quantitative estimate of drug-likeness (QED) is 0.626. The molecule has 162 valence electrons. The van der Waals surface area contributed by atoms with Crippen molar-refractivity contribution in [1.29, 1.82) is 0 Å². The summed E-state index contributed by atoms with van der Waals surface area (Å²) < 4.78 is 28.8. The van der Waals surface area contributed by atoms with Crippen LogP contribution < -0.4 is 4.74 Å². The third-order valence-electron chi connectivity index (χ3n) is 4.85. The third-order valence-corrected chi connectivity index (χ3v) is 4.85. The molecule has 2 aromatic rings. The van der Waals surface area contributed by atoms with Crippen molar-refractivity contribution in [3.05, 3.63) is 89.0 Å². The van der Waals surface area contributed by atoms with E-state index in [1.54, 1.807) is 47.6 Å². The molecular formula is C24H24FNO5. The van der Waals surface area contributed by atoms with Crippen LogP contribution in [-0.4, -0.2) is 37.7 Å². The van der Waals surface area contributed by atoms with Gasteiger partial charge in [-0.25, -0.2) is 14.0 Å². The standard InChI is InChI=1S/C24H24FNO5/c1-4-31-19-7-5-6-17(12-19)22-20(23(27)29-2)14-26(15-21(22)24(28)30-3)13-16-8-10-18(25)11-9-16/h5-12,14-15,22H,4,13H2,1-3H3. The zero-order chi connectivity index (χ0) is 22.4. The molecule has 1 aliphatic rings. The van der Waals surface area contributed by atoms with Gasteiger partial charge in [-0.2, -0.15) is 0 Å². The number of ether oxygens (including phenoxy) is 3. The van der Waals surface area contributed by atoms with Gasteiger partial charge in [-0.15, -0.1) is 0 Å². The summed E-state index contributed by atoms with van der Waals surface area (Å²) in [6.45, 7) is 2.69. The van der Waals surface area contributed by atoms with Crippen LogP contribution in [0.3, 0.4) is 0 Å². The van der Waals surface area contributed by atoms with Crippen LogP contribution in [0.1, 0.15) is 24.0 Å². The predicted octanol–water partition coefficient (Wildman–Crippen LogP) is 3.94. The maximum absolute atomic E-state index is 13.2. The van der Waals surface area contributed by atoms with E-state index in [9.17, 15) is 14.0 Å². The van der Waals surface area contributed by atoms with Crippen molar-refractivity contribution in [3.63, 3.8) is 0 Å². The van der Waals surface area contributed by atoms with Gasteiger partial charge in [-0.05, 0) is 42.3 Å². The van der Waals surface area contributed by atoms with Crippen molar-refractivity contribution < 1.29 is 28.2 Å². The number of rotatable bonds is 7. The Morgan fingerprint density at radius 1 is 0.968 bits per heavy atom. The topological polar surface area (TPSA) is 65.1 Å². The molecule has 0 N–H and O–H groups in total. The summed E-state index contributed by atoms with van der Waals surface area (Å²) in [4.78, 5) is 27.1. The SMILES string of the molecule is CCOc1cccc(C2C(C(=O)OC)=CN(Cc3ccc(F)cc3)C=C2C(=O)OC)c1. The molecule has 0 radical (unpaired) electrons. The van der Waals surface area contributed by atoms with Gasteiger partial charge in [0.05, 0.1) is 37.9 Å². The van der Waals surface area contributed by atoms with Crippen LogP contribution >= 0.6 is 0 Å². The monoisotopic (exact) mass is 425 g/mol. The van der Waals surface area contributed by atoms with E-state index < -0.39 is 17.9 Å². The molecule has 0 spiro atoms. The van der Waals surface area contributed by atoms with Crippen LogP contribution in [-0.2, 0) is 25.6 Å². The molecule has 0 bridgehead atoms. The number of esters is 2. The van der Waals surface area contributed by atoms with E-state index in [1.807, 2.05) is 13.0 Å². The molecule has 7 heteroatoms. The highest BCUT2D eigenvalue weighted by Crippen LogP contribution is 2.38. The first-order valence-electron chi connectivity index (χ1n) is 9.79. The minimum absolute atomic E-state index is 0.279. The molecule has 0 unspecified atom stereocenters. The lowest BCUT2D eigenvalue weighted by atomic mass is 9.83. The van der Waals surface area contributed by atoms with E-state index in [2.05, 4.69) is 0 Å². The Hall–Kier alpha value is -3.61. The normalized spacial score (nSPS) is 13.9. The molecule has 0 saturated heterocycles. The van der Waals surface area contributed by atoms with Crippen LogP contribution in [0.5, 0.6) is 5.75 Å². The van der Waals surface area contributed by atoms with Gasteiger partial charge in [0, 0.05) is 18.9 Å². The molecule has 0 aromatic heterocycles. The largest absolute Gasteiger partial charge is 0.494 e. The van der Waals surface area contributed by atoms with E-state index in [0.717, 1.165) is 5.56 Å². The van der Waals surface area contributed by atoms with Crippen LogP contribution in [0, 0.1) is 5.82 Å². The molecule has 0 fully saturated rings. The summed E-state index contributed by atoms with van der Waals surface area (Å²) in [5.41, 5.74) is 2.06. The minimum atomic E-state index is -0.690. The lowest BCUT2D eigenvalue weighted by molar-refractivity contribution is -0.137. The average molecular weight is 425 g/mol. The molecular weight excluding hydrogens is 401 g/mol. The van der Waals surface area contributed by atoms with Crippen molar-refractivity contribution in [2.24, 2.45) is 0 Å². The maximum Gasteiger partial charge on any atom is 0.336 e. The van der Waals surface area contributed by atoms with Crippen molar-refractivity contribution in [3.8, 4) is 5.75 Å². The molecule has 1 heterocycles. The first-order valence-corrected chi connectivity index (χ1v) is 9.79. The molecule has 0 atom stereocenters. The van der Waals surface area contributed by atoms with Crippen molar-refractivity contribution in [2.45, 2.75) is 19.4 Å². The molecule has 0 saturated carbocycles. The number of carbonyl (C=O) groups is 2. The highest BCUT2D eigenvalue weighted by atomic mass is 19.1. The van der Waals surface area contributed by atoms with Crippen molar-refractivity contribution in [2.75, 3.05) is 20.8 Å². The first-order chi connectivity index (χ1) is 15.0. The van der Waals surface area contributed by atoms with Gasteiger partial charge >= 0.3 is 11.9 Å². The van der Waals surface area contributed by atoms with Crippen LogP contribution in [0.2, 0.25) is 0 Å². The summed E-state index contributed by atoms with van der Waals surface area (Å²) in [7, 11) is 2.58. The zero-order valence-corrected chi connectivity index (χ0v) is 17.6.